The molecular weight excluding hydrogens is 243 g/mol. The van der Waals surface area contributed by atoms with Gasteiger partial charge in [0.05, 0.1) is 5.75 Å². The zero-order valence-corrected chi connectivity index (χ0v) is 9.57. The van der Waals surface area contributed by atoms with Crippen molar-refractivity contribution in [3.05, 3.63) is 29.1 Å². The maximum Gasteiger partial charge on any atom is 0.232 e. The third-order valence-corrected chi connectivity index (χ3v) is 3.16. The molecule has 6 heteroatoms. The molecule has 0 radical (unpaired) electrons. The summed E-state index contributed by atoms with van der Waals surface area (Å²) in [5.41, 5.74) is 0.342. The summed E-state index contributed by atoms with van der Waals surface area (Å²) >= 11 is 0. The Kier molecular flexibility index (Phi) is 3.57. The number of hydrogen-bond acceptors (Lipinski definition) is 3. The highest BCUT2D eigenvalue weighted by molar-refractivity contribution is 8.13. The number of hydrogen-bond donors (Lipinski definition) is 1. The Morgan fingerprint density at radius 3 is 2.60 bits per heavy atom. The van der Waals surface area contributed by atoms with Gasteiger partial charge in [0.15, 0.2) is 0 Å². The molecule has 1 N–H and O–H groups in total. The van der Waals surface area contributed by atoms with Crippen LogP contribution in [0, 0.1) is 12.7 Å². The molecule has 1 rings (SSSR count). The highest BCUT2D eigenvalue weighted by Gasteiger charge is 2.14. The Balaban J connectivity index is 2.99. The Morgan fingerprint density at radius 1 is 1.47 bits per heavy atom. The molecule has 0 spiro atoms. The molecule has 3 nitrogen and oxygen atoms in total. The number of phenols is 1. The van der Waals surface area contributed by atoms with Crippen molar-refractivity contribution in [2.24, 2.45) is 0 Å². The van der Waals surface area contributed by atoms with Gasteiger partial charge in [-0.25, -0.2) is 12.8 Å². The summed E-state index contributed by atoms with van der Waals surface area (Å²) in [5.74, 6) is -1.24. The highest BCUT2D eigenvalue weighted by Crippen LogP contribution is 2.24. The van der Waals surface area contributed by atoms with E-state index < -0.39 is 20.6 Å². The maximum atomic E-state index is 13.4. The molecule has 84 valence electrons. The normalized spacial score (nSPS) is 11.7. The van der Waals surface area contributed by atoms with E-state index >= 15 is 0 Å². The molecule has 0 aliphatic heterocycles. The molecule has 0 aliphatic carbocycles. The summed E-state index contributed by atoms with van der Waals surface area (Å²) < 4.78 is 34.8. The molecular formula is C9H10ClFO3S. The second kappa shape index (κ2) is 4.37. The lowest BCUT2D eigenvalue weighted by atomic mass is 10.1. The topological polar surface area (TPSA) is 54.4 Å². The zero-order chi connectivity index (χ0) is 11.6. The molecule has 0 aromatic heterocycles. The Hall–Kier alpha value is -0.810. The Labute approximate surface area is 91.9 Å². The van der Waals surface area contributed by atoms with Crippen molar-refractivity contribution < 1.29 is 17.9 Å². The second-order valence-electron chi connectivity index (χ2n) is 3.19. The van der Waals surface area contributed by atoms with Crippen LogP contribution in [0.4, 0.5) is 4.39 Å². The van der Waals surface area contributed by atoms with Gasteiger partial charge in [-0.2, -0.15) is 0 Å². The van der Waals surface area contributed by atoms with E-state index in [0.29, 0.717) is 5.56 Å². The highest BCUT2D eigenvalue weighted by atomic mass is 35.7. The van der Waals surface area contributed by atoms with Gasteiger partial charge in [-0.15, -0.1) is 0 Å². The lowest BCUT2D eigenvalue weighted by Gasteiger charge is -2.06. The second-order valence-corrected chi connectivity index (χ2v) is 6.08. The average Bonchev–Trinajstić information content (AvgIpc) is 2.10. The molecule has 0 fully saturated rings. The number of aryl methyl sites for hydroxylation is 1. The third-order valence-electron chi connectivity index (χ3n) is 2.01. The molecule has 1 aromatic rings. The fourth-order valence-electron chi connectivity index (χ4n) is 1.19. The minimum Gasteiger partial charge on any atom is -0.508 e. The first-order chi connectivity index (χ1) is 6.81. The van der Waals surface area contributed by atoms with E-state index in [2.05, 4.69) is 0 Å². The van der Waals surface area contributed by atoms with E-state index in [1.807, 2.05) is 0 Å². The van der Waals surface area contributed by atoms with Crippen LogP contribution in [0.1, 0.15) is 11.1 Å². The fraction of sp³-hybridized carbons (Fsp3) is 0.333. The molecule has 0 unspecified atom stereocenters. The summed E-state index contributed by atoms with van der Waals surface area (Å²) in [6, 6.07) is 2.75. The van der Waals surface area contributed by atoms with Crippen LogP contribution in [0.15, 0.2) is 12.1 Å². The van der Waals surface area contributed by atoms with Crippen molar-refractivity contribution in [1.82, 2.24) is 0 Å². The monoisotopic (exact) mass is 252 g/mol. The van der Waals surface area contributed by atoms with Gasteiger partial charge in [0.2, 0.25) is 9.05 Å². The third kappa shape index (κ3) is 3.35. The van der Waals surface area contributed by atoms with E-state index in [9.17, 15) is 17.9 Å². The van der Waals surface area contributed by atoms with Crippen molar-refractivity contribution in [2.45, 2.75) is 13.3 Å². The van der Waals surface area contributed by atoms with Gasteiger partial charge in [-0.05, 0) is 25.0 Å². The molecule has 0 saturated carbocycles. The van der Waals surface area contributed by atoms with Crippen molar-refractivity contribution in [1.29, 1.82) is 0 Å². The number of phenolic OH excluding ortho intramolecular Hbond substituents is 1. The number of halogens is 2. The Morgan fingerprint density at radius 2 is 2.07 bits per heavy atom. The van der Waals surface area contributed by atoms with Gasteiger partial charge in [-0.3, -0.25) is 0 Å². The molecule has 0 aliphatic rings. The van der Waals surface area contributed by atoms with E-state index in [1.54, 1.807) is 0 Å². The lowest BCUT2D eigenvalue weighted by Crippen LogP contribution is -2.04. The predicted octanol–water partition coefficient (Wildman–Crippen LogP) is 1.95. The molecule has 15 heavy (non-hydrogen) atoms. The van der Waals surface area contributed by atoms with Gasteiger partial charge in [-0.1, -0.05) is 6.07 Å². The van der Waals surface area contributed by atoms with Crippen LogP contribution in [0.3, 0.4) is 0 Å². The van der Waals surface area contributed by atoms with Crippen LogP contribution in [0.5, 0.6) is 5.75 Å². The van der Waals surface area contributed by atoms with Crippen molar-refractivity contribution in [3.8, 4) is 5.75 Å². The smallest absolute Gasteiger partial charge is 0.232 e. The Bertz CT molecular complexity index is 470. The zero-order valence-electron chi connectivity index (χ0n) is 8.00. The summed E-state index contributed by atoms with van der Waals surface area (Å²) in [5, 5.41) is 9.33. The van der Waals surface area contributed by atoms with Crippen molar-refractivity contribution in [3.63, 3.8) is 0 Å². The van der Waals surface area contributed by atoms with E-state index in [0.717, 1.165) is 0 Å². The molecule has 0 saturated heterocycles. The maximum absolute atomic E-state index is 13.4. The first-order valence-corrected chi connectivity index (χ1v) is 6.68. The quantitative estimate of drug-likeness (QED) is 0.837. The van der Waals surface area contributed by atoms with Crippen LogP contribution in [0.25, 0.3) is 0 Å². The average molecular weight is 253 g/mol. The largest absolute Gasteiger partial charge is 0.508 e. The van der Waals surface area contributed by atoms with Gasteiger partial charge in [0.25, 0.3) is 0 Å². The van der Waals surface area contributed by atoms with Crippen LogP contribution >= 0.6 is 10.7 Å². The lowest BCUT2D eigenvalue weighted by molar-refractivity contribution is 0.459. The number of benzene rings is 1. The molecule has 1 aromatic carbocycles. The van der Waals surface area contributed by atoms with Gasteiger partial charge in [0.1, 0.15) is 11.6 Å². The molecule has 0 atom stereocenters. The summed E-state index contributed by atoms with van der Waals surface area (Å²) in [6.07, 6.45) is -0.134. The number of aromatic hydroxyl groups is 1. The van der Waals surface area contributed by atoms with Gasteiger partial charge < -0.3 is 5.11 Å². The summed E-state index contributed by atoms with van der Waals surface area (Å²) in [6.45, 7) is 1.54. The predicted molar refractivity (Wildman–Crippen MR) is 56.1 cm³/mol. The van der Waals surface area contributed by atoms with Crippen molar-refractivity contribution in [2.75, 3.05) is 5.75 Å². The van der Waals surface area contributed by atoms with Crippen molar-refractivity contribution >= 4 is 19.7 Å². The van der Waals surface area contributed by atoms with Crippen LogP contribution in [-0.2, 0) is 15.5 Å². The first kappa shape index (κ1) is 12.3. The SMILES string of the molecule is Cc1ccc(O)c(CCS(=O)(=O)Cl)c1F. The first-order valence-electron chi connectivity index (χ1n) is 4.20. The minimum atomic E-state index is -3.67. The minimum absolute atomic E-state index is 0.0146. The summed E-state index contributed by atoms with van der Waals surface area (Å²) in [7, 11) is 1.32. The van der Waals surface area contributed by atoms with Gasteiger partial charge in [0, 0.05) is 16.2 Å². The molecule has 0 bridgehead atoms. The summed E-state index contributed by atoms with van der Waals surface area (Å²) in [4.78, 5) is 0. The fourth-order valence-corrected chi connectivity index (χ4v) is 1.87. The molecule has 0 heterocycles. The number of rotatable bonds is 3. The van der Waals surface area contributed by atoms with E-state index in [1.165, 1.54) is 19.1 Å². The van der Waals surface area contributed by atoms with E-state index in [-0.39, 0.29) is 17.7 Å². The standard InChI is InChI=1S/C9H10ClFO3S/c1-6-2-3-8(12)7(9(6)11)4-5-15(10,13)14/h2-3,12H,4-5H2,1H3. The van der Waals surface area contributed by atoms with Gasteiger partial charge >= 0.3 is 0 Å². The van der Waals surface area contributed by atoms with Crippen LogP contribution in [-0.4, -0.2) is 19.3 Å². The van der Waals surface area contributed by atoms with Crippen LogP contribution < -0.4 is 0 Å². The molecule has 0 amide bonds. The van der Waals surface area contributed by atoms with E-state index in [4.69, 9.17) is 10.7 Å². The van der Waals surface area contributed by atoms with Crippen LogP contribution in [0.2, 0.25) is 0 Å².